The molecular formula is C29H42O3. The van der Waals surface area contributed by atoms with E-state index in [9.17, 15) is 9.59 Å². The lowest BCUT2D eigenvalue weighted by Crippen LogP contribution is -2.22. The first-order valence-electron chi connectivity index (χ1n) is 11.7. The van der Waals surface area contributed by atoms with Crippen LogP contribution in [0.5, 0.6) is 0 Å². The molecule has 3 nitrogen and oxygen atoms in total. The predicted octanol–water partition coefficient (Wildman–Crippen LogP) is 7.91. The summed E-state index contributed by atoms with van der Waals surface area (Å²) in [5, 5.41) is 0. The maximum atomic E-state index is 12.6. The molecule has 0 atom stereocenters. The van der Waals surface area contributed by atoms with Gasteiger partial charge in [0.2, 0.25) is 5.78 Å². The van der Waals surface area contributed by atoms with Gasteiger partial charge in [-0.2, -0.15) is 0 Å². The molecule has 1 aliphatic carbocycles. The van der Waals surface area contributed by atoms with Gasteiger partial charge in [-0.1, -0.05) is 46.6 Å². The Morgan fingerprint density at radius 1 is 0.688 bits per heavy atom. The largest absolute Gasteiger partial charge is 0.492 e. The summed E-state index contributed by atoms with van der Waals surface area (Å²) < 4.78 is 5.12. The van der Waals surface area contributed by atoms with Crippen molar-refractivity contribution in [3.8, 4) is 0 Å². The van der Waals surface area contributed by atoms with E-state index in [-0.39, 0.29) is 17.3 Å². The van der Waals surface area contributed by atoms with Gasteiger partial charge in [-0.05, 0) is 93.4 Å². The molecule has 0 aromatic rings. The highest BCUT2D eigenvalue weighted by Crippen LogP contribution is 2.27. The molecular weight excluding hydrogens is 396 g/mol. The standard InChI is InChI=1S/C29H42O3/c1-20(2)12-9-13-21(3)14-10-15-22(4)16-11-17-23(5)18-19-26-24(6)28(31)29(32-8)25(7)27(26)30/h12,14,16,18H,9-11,13,15,17,19H2,1-8H3/b21-14+,22-16+,23-18+. The Morgan fingerprint density at radius 2 is 1.16 bits per heavy atom. The third-order valence-electron chi connectivity index (χ3n) is 5.97. The van der Waals surface area contributed by atoms with E-state index < -0.39 is 0 Å². The van der Waals surface area contributed by atoms with Crippen LogP contribution in [-0.4, -0.2) is 18.7 Å². The van der Waals surface area contributed by atoms with Crippen LogP contribution in [0.25, 0.3) is 0 Å². The molecule has 176 valence electrons. The third kappa shape index (κ3) is 8.98. The molecule has 32 heavy (non-hydrogen) atoms. The molecule has 0 bridgehead atoms. The van der Waals surface area contributed by atoms with Gasteiger partial charge in [0.05, 0.1) is 7.11 Å². The number of methoxy groups -OCH3 is 1. The normalized spacial score (nSPS) is 16.2. The molecule has 0 unspecified atom stereocenters. The molecule has 0 aromatic heterocycles. The lowest BCUT2D eigenvalue weighted by Gasteiger charge is -2.18. The minimum Gasteiger partial charge on any atom is -0.492 e. The van der Waals surface area contributed by atoms with Gasteiger partial charge < -0.3 is 4.74 Å². The summed E-state index contributed by atoms with van der Waals surface area (Å²) >= 11 is 0. The van der Waals surface area contributed by atoms with Crippen LogP contribution in [0.15, 0.2) is 69.1 Å². The second kappa shape index (κ2) is 13.9. The fourth-order valence-electron chi connectivity index (χ4n) is 3.73. The molecule has 0 aliphatic heterocycles. The van der Waals surface area contributed by atoms with Gasteiger partial charge >= 0.3 is 0 Å². The van der Waals surface area contributed by atoms with Crippen LogP contribution in [0, 0.1) is 0 Å². The molecule has 3 heteroatoms. The van der Waals surface area contributed by atoms with Crippen LogP contribution in [0.1, 0.15) is 93.4 Å². The first-order chi connectivity index (χ1) is 15.1. The third-order valence-corrected chi connectivity index (χ3v) is 5.97. The Labute approximate surface area is 195 Å². The molecule has 0 spiro atoms. The van der Waals surface area contributed by atoms with Gasteiger partial charge in [0.1, 0.15) is 0 Å². The first-order valence-corrected chi connectivity index (χ1v) is 11.7. The van der Waals surface area contributed by atoms with Crippen molar-refractivity contribution in [2.24, 2.45) is 0 Å². The second-order valence-electron chi connectivity index (χ2n) is 9.17. The van der Waals surface area contributed by atoms with Crippen molar-refractivity contribution in [1.82, 2.24) is 0 Å². The Bertz CT molecular complexity index is 881. The van der Waals surface area contributed by atoms with Crippen molar-refractivity contribution >= 4 is 11.6 Å². The van der Waals surface area contributed by atoms with E-state index in [4.69, 9.17) is 4.74 Å². The second-order valence-corrected chi connectivity index (χ2v) is 9.17. The Balaban J connectivity index is 2.51. The van der Waals surface area contributed by atoms with Gasteiger partial charge in [0.25, 0.3) is 0 Å². The summed E-state index contributed by atoms with van der Waals surface area (Å²) in [5.41, 5.74) is 7.02. The average Bonchev–Trinajstić information content (AvgIpc) is 2.72. The summed E-state index contributed by atoms with van der Waals surface area (Å²) in [7, 11) is 1.44. The number of carbonyl (C=O) groups is 2. The van der Waals surface area contributed by atoms with Crippen LogP contribution in [0.4, 0.5) is 0 Å². The Hall–Kier alpha value is -2.42. The van der Waals surface area contributed by atoms with Crippen molar-refractivity contribution in [3.05, 3.63) is 69.1 Å². The molecule has 0 amide bonds. The molecule has 0 radical (unpaired) electrons. The molecule has 0 saturated heterocycles. The number of ketones is 2. The summed E-state index contributed by atoms with van der Waals surface area (Å²) in [6.45, 7) is 14.2. The quantitative estimate of drug-likeness (QED) is 0.230. The molecule has 0 heterocycles. The molecule has 0 saturated carbocycles. The SMILES string of the molecule is COC1=C(C)C(=O)C(C/C=C(\C)CC/C=C(\C)CC/C=C(\C)CCC=C(C)C)=C(C)C1=O. The molecule has 1 rings (SSSR count). The number of ether oxygens (including phenoxy) is 1. The summed E-state index contributed by atoms with van der Waals surface area (Å²) in [5.74, 6) is -0.0797. The van der Waals surface area contributed by atoms with Gasteiger partial charge in [0, 0.05) is 16.7 Å². The van der Waals surface area contributed by atoms with E-state index >= 15 is 0 Å². The van der Waals surface area contributed by atoms with Crippen LogP contribution >= 0.6 is 0 Å². The number of Topliss-reactive ketones (excluding diaryl/α,β-unsaturated/α-hetero) is 2. The van der Waals surface area contributed by atoms with Crippen LogP contribution in [-0.2, 0) is 14.3 Å². The zero-order chi connectivity index (χ0) is 24.3. The number of hydrogen-bond acceptors (Lipinski definition) is 3. The van der Waals surface area contributed by atoms with Gasteiger partial charge in [-0.15, -0.1) is 0 Å². The van der Waals surface area contributed by atoms with Crippen molar-refractivity contribution < 1.29 is 14.3 Å². The topological polar surface area (TPSA) is 43.4 Å². The highest BCUT2D eigenvalue weighted by atomic mass is 16.5. The highest BCUT2D eigenvalue weighted by Gasteiger charge is 2.30. The summed E-state index contributed by atoms with van der Waals surface area (Å²) in [6.07, 6.45) is 16.0. The van der Waals surface area contributed by atoms with Crippen molar-refractivity contribution in [2.75, 3.05) is 7.11 Å². The van der Waals surface area contributed by atoms with Gasteiger partial charge in [0.15, 0.2) is 11.5 Å². The van der Waals surface area contributed by atoms with Gasteiger partial charge in [-0.3, -0.25) is 9.59 Å². The summed E-state index contributed by atoms with van der Waals surface area (Å²) in [4.78, 5) is 25.0. The van der Waals surface area contributed by atoms with Crippen LogP contribution in [0.3, 0.4) is 0 Å². The van der Waals surface area contributed by atoms with E-state index in [1.165, 1.54) is 29.4 Å². The summed E-state index contributed by atoms with van der Waals surface area (Å²) in [6, 6.07) is 0. The molecule has 0 N–H and O–H groups in total. The van der Waals surface area contributed by atoms with Crippen molar-refractivity contribution in [2.45, 2.75) is 93.4 Å². The smallest absolute Gasteiger partial charge is 0.224 e. The van der Waals surface area contributed by atoms with E-state index in [1.54, 1.807) is 13.8 Å². The van der Waals surface area contributed by atoms with Crippen LogP contribution in [0.2, 0.25) is 0 Å². The Kier molecular flexibility index (Phi) is 12.0. The Morgan fingerprint density at radius 3 is 1.62 bits per heavy atom. The molecule has 1 aliphatic rings. The highest BCUT2D eigenvalue weighted by molar-refractivity contribution is 6.24. The van der Waals surface area contributed by atoms with E-state index in [0.717, 1.165) is 38.5 Å². The maximum Gasteiger partial charge on any atom is 0.224 e. The average molecular weight is 439 g/mol. The van der Waals surface area contributed by atoms with Crippen LogP contribution < -0.4 is 0 Å². The lowest BCUT2D eigenvalue weighted by atomic mass is 9.87. The first kappa shape index (κ1) is 27.6. The zero-order valence-corrected chi connectivity index (χ0v) is 21.5. The minimum absolute atomic E-state index is 0.0806. The molecule has 0 fully saturated rings. The fraction of sp³-hybridized carbons (Fsp3) is 0.517. The number of carbonyl (C=O) groups excluding carboxylic acids is 2. The van der Waals surface area contributed by atoms with Crippen molar-refractivity contribution in [1.29, 1.82) is 0 Å². The lowest BCUT2D eigenvalue weighted by molar-refractivity contribution is -0.118. The van der Waals surface area contributed by atoms with Gasteiger partial charge in [-0.25, -0.2) is 0 Å². The maximum absolute atomic E-state index is 12.6. The van der Waals surface area contributed by atoms with E-state index in [2.05, 4.69) is 58.9 Å². The fourth-order valence-corrected chi connectivity index (χ4v) is 3.73. The predicted molar refractivity (Wildman–Crippen MR) is 135 cm³/mol. The molecule has 0 aromatic carbocycles. The van der Waals surface area contributed by atoms with E-state index in [1.807, 2.05) is 0 Å². The monoisotopic (exact) mass is 438 g/mol. The number of allylic oxidation sites excluding steroid dienone is 11. The number of hydrogen-bond donors (Lipinski definition) is 0. The minimum atomic E-state index is -0.176. The van der Waals surface area contributed by atoms with Crippen molar-refractivity contribution in [3.63, 3.8) is 0 Å². The van der Waals surface area contributed by atoms with E-state index in [0.29, 0.717) is 23.1 Å². The number of rotatable bonds is 12. The zero-order valence-electron chi connectivity index (χ0n) is 21.5.